The minimum atomic E-state index is -0.354. The third-order valence-corrected chi connectivity index (χ3v) is 4.19. The van der Waals surface area contributed by atoms with Crippen LogP contribution in [0.25, 0.3) is 0 Å². The summed E-state index contributed by atoms with van der Waals surface area (Å²) in [6, 6.07) is 8.89. The fraction of sp³-hybridized carbons (Fsp3) is 0.294. The molecule has 1 aliphatic rings. The summed E-state index contributed by atoms with van der Waals surface area (Å²) in [5.41, 5.74) is 1.61. The monoisotopic (exact) mass is 332 g/mol. The van der Waals surface area contributed by atoms with E-state index in [2.05, 4.69) is 5.32 Å². The predicted molar refractivity (Wildman–Crippen MR) is 87.1 cm³/mol. The summed E-state index contributed by atoms with van der Waals surface area (Å²) in [5.74, 6) is 0.181. The van der Waals surface area contributed by atoms with Gasteiger partial charge >= 0.3 is 0 Å². The van der Waals surface area contributed by atoms with Crippen molar-refractivity contribution in [2.75, 3.05) is 11.9 Å². The molecule has 0 unspecified atom stereocenters. The van der Waals surface area contributed by atoms with Crippen LogP contribution in [0.2, 0.25) is 5.02 Å². The number of nitrogens with one attached hydrogen (secondary N) is 1. The van der Waals surface area contributed by atoms with Gasteiger partial charge in [-0.05, 0) is 42.8 Å². The summed E-state index contributed by atoms with van der Waals surface area (Å²) in [7, 11) is 0. The molecule has 1 saturated heterocycles. The van der Waals surface area contributed by atoms with E-state index in [0.717, 1.165) is 11.3 Å². The van der Waals surface area contributed by atoms with Gasteiger partial charge in [0.15, 0.2) is 0 Å². The highest BCUT2D eigenvalue weighted by atomic mass is 35.5. The van der Waals surface area contributed by atoms with Crippen LogP contribution < -0.4 is 5.32 Å². The van der Waals surface area contributed by atoms with E-state index >= 15 is 0 Å². The van der Waals surface area contributed by atoms with Crippen LogP contribution in [-0.4, -0.2) is 23.3 Å². The molecule has 1 atom stereocenters. The highest BCUT2D eigenvalue weighted by molar-refractivity contribution is 6.30. The minimum Gasteiger partial charge on any atom is -0.467 e. The van der Waals surface area contributed by atoms with E-state index in [1.807, 2.05) is 13.0 Å². The Kier molecular flexibility index (Phi) is 4.39. The van der Waals surface area contributed by atoms with Crippen LogP contribution in [0.3, 0.4) is 0 Å². The maximum atomic E-state index is 12.4. The number of benzene rings is 1. The van der Waals surface area contributed by atoms with Gasteiger partial charge < -0.3 is 14.6 Å². The van der Waals surface area contributed by atoms with Gasteiger partial charge in [-0.15, -0.1) is 0 Å². The average molecular weight is 333 g/mol. The highest BCUT2D eigenvalue weighted by Crippen LogP contribution is 2.24. The van der Waals surface area contributed by atoms with Gasteiger partial charge in [0.2, 0.25) is 11.8 Å². The quantitative estimate of drug-likeness (QED) is 0.935. The molecule has 0 saturated carbocycles. The standard InChI is InChI=1S/C17H17ClN2O3/c1-11-7-13(18)4-5-15(11)19-17(22)12-8-16(21)20(9-12)10-14-3-2-6-23-14/h2-7,12H,8-10H2,1H3,(H,19,22)/t12-/m0/s1. The molecule has 0 radical (unpaired) electrons. The number of carbonyl (C=O) groups is 2. The van der Waals surface area contributed by atoms with Gasteiger partial charge in [0, 0.05) is 23.7 Å². The number of likely N-dealkylation sites (tertiary alicyclic amines) is 1. The lowest BCUT2D eigenvalue weighted by Crippen LogP contribution is -2.28. The zero-order valence-electron chi connectivity index (χ0n) is 12.7. The maximum Gasteiger partial charge on any atom is 0.229 e. The second-order valence-electron chi connectivity index (χ2n) is 5.70. The Bertz CT molecular complexity index is 727. The molecule has 1 aliphatic heterocycles. The van der Waals surface area contributed by atoms with Crippen molar-refractivity contribution < 1.29 is 14.0 Å². The molecular formula is C17H17ClN2O3. The molecule has 0 spiro atoms. The second kappa shape index (κ2) is 6.46. The highest BCUT2D eigenvalue weighted by Gasteiger charge is 2.34. The number of hydrogen-bond acceptors (Lipinski definition) is 3. The number of anilines is 1. The summed E-state index contributed by atoms with van der Waals surface area (Å²) in [6.45, 7) is 2.68. The largest absolute Gasteiger partial charge is 0.467 e. The van der Waals surface area contributed by atoms with Gasteiger partial charge in [-0.3, -0.25) is 9.59 Å². The summed E-state index contributed by atoms with van der Waals surface area (Å²) < 4.78 is 5.26. The molecule has 1 aromatic carbocycles. The molecule has 0 bridgehead atoms. The fourth-order valence-corrected chi connectivity index (χ4v) is 2.92. The van der Waals surface area contributed by atoms with Crippen LogP contribution in [0.15, 0.2) is 41.0 Å². The van der Waals surface area contributed by atoms with Crippen molar-refractivity contribution in [3.8, 4) is 0 Å². The van der Waals surface area contributed by atoms with Gasteiger partial charge in [-0.25, -0.2) is 0 Å². The molecule has 120 valence electrons. The normalized spacial score (nSPS) is 17.6. The zero-order chi connectivity index (χ0) is 16.4. The van der Waals surface area contributed by atoms with Crippen molar-refractivity contribution in [1.82, 2.24) is 4.90 Å². The van der Waals surface area contributed by atoms with Crippen LogP contribution in [0.4, 0.5) is 5.69 Å². The van der Waals surface area contributed by atoms with Gasteiger partial charge in [0.1, 0.15) is 5.76 Å². The van der Waals surface area contributed by atoms with E-state index in [-0.39, 0.29) is 24.2 Å². The van der Waals surface area contributed by atoms with Crippen molar-refractivity contribution >= 4 is 29.1 Å². The first-order valence-corrected chi connectivity index (χ1v) is 7.78. The van der Waals surface area contributed by atoms with Crippen molar-refractivity contribution in [1.29, 1.82) is 0 Å². The van der Waals surface area contributed by atoms with Crippen molar-refractivity contribution in [2.24, 2.45) is 5.92 Å². The third kappa shape index (κ3) is 3.56. The van der Waals surface area contributed by atoms with Gasteiger partial charge in [-0.2, -0.15) is 0 Å². The molecular weight excluding hydrogens is 316 g/mol. The number of aryl methyl sites for hydroxylation is 1. The Balaban J connectivity index is 1.63. The molecule has 2 amide bonds. The Hall–Kier alpha value is -2.27. The number of hydrogen-bond donors (Lipinski definition) is 1. The number of carbonyl (C=O) groups excluding carboxylic acids is 2. The van der Waals surface area contributed by atoms with E-state index in [1.54, 1.807) is 35.4 Å². The van der Waals surface area contributed by atoms with Crippen LogP contribution in [-0.2, 0) is 16.1 Å². The Morgan fingerprint density at radius 1 is 1.43 bits per heavy atom. The number of nitrogens with zero attached hydrogens (tertiary/aromatic N) is 1. The molecule has 5 nitrogen and oxygen atoms in total. The maximum absolute atomic E-state index is 12.4. The SMILES string of the molecule is Cc1cc(Cl)ccc1NC(=O)[C@H]1CC(=O)N(Cc2ccco2)C1. The molecule has 1 aromatic heterocycles. The lowest BCUT2D eigenvalue weighted by atomic mass is 10.1. The number of furan rings is 1. The lowest BCUT2D eigenvalue weighted by molar-refractivity contribution is -0.128. The predicted octanol–water partition coefficient (Wildman–Crippen LogP) is 3.23. The summed E-state index contributed by atoms with van der Waals surface area (Å²) in [5, 5.41) is 3.51. The first kappa shape index (κ1) is 15.6. The van der Waals surface area contributed by atoms with E-state index in [9.17, 15) is 9.59 Å². The van der Waals surface area contributed by atoms with Crippen LogP contribution >= 0.6 is 11.6 Å². The smallest absolute Gasteiger partial charge is 0.229 e. The number of rotatable bonds is 4. The van der Waals surface area contributed by atoms with Crippen molar-refractivity contribution in [2.45, 2.75) is 19.9 Å². The first-order chi connectivity index (χ1) is 11.0. The fourth-order valence-electron chi connectivity index (χ4n) is 2.69. The lowest BCUT2D eigenvalue weighted by Gasteiger charge is -2.15. The molecule has 6 heteroatoms. The minimum absolute atomic E-state index is 0.0330. The third-order valence-electron chi connectivity index (χ3n) is 3.96. The molecule has 23 heavy (non-hydrogen) atoms. The van der Waals surface area contributed by atoms with Crippen molar-refractivity contribution in [3.05, 3.63) is 52.9 Å². The Labute approximate surface area is 139 Å². The molecule has 1 fully saturated rings. The first-order valence-electron chi connectivity index (χ1n) is 7.40. The molecule has 3 rings (SSSR count). The molecule has 0 aliphatic carbocycles. The Morgan fingerprint density at radius 2 is 2.26 bits per heavy atom. The van der Waals surface area contributed by atoms with Crippen LogP contribution in [0.1, 0.15) is 17.7 Å². The van der Waals surface area contributed by atoms with Crippen LogP contribution in [0, 0.1) is 12.8 Å². The summed E-state index contributed by atoms with van der Waals surface area (Å²) in [4.78, 5) is 26.1. The van der Waals surface area contributed by atoms with Gasteiger partial charge in [0.05, 0.1) is 18.7 Å². The van der Waals surface area contributed by atoms with Gasteiger partial charge in [-0.1, -0.05) is 11.6 Å². The number of amides is 2. The molecule has 2 aromatic rings. The topological polar surface area (TPSA) is 62.6 Å². The van der Waals surface area contributed by atoms with Gasteiger partial charge in [0.25, 0.3) is 0 Å². The Morgan fingerprint density at radius 3 is 2.96 bits per heavy atom. The van der Waals surface area contributed by atoms with E-state index < -0.39 is 0 Å². The summed E-state index contributed by atoms with van der Waals surface area (Å²) in [6.07, 6.45) is 1.79. The average Bonchev–Trinajstić information content (AvgIpc) is 3.13. The molecule has 1 N–H and O–H groups in total. The van der Waals surface area contributed by atoms with E-state index in [4.69, 9.17) is 16.0 Å². The van der Waals surface area contributed by atoms with Crippen LogP contribution in [0.5, 0.6) is 0 Å². The van der Waals surface area contributed by atoms with E-state index in [1.165, 1.54) is 0 Å². The summed E-state index contributed by atoms with van der Waals surface area (Å²) >= 11 is 5.91. The molecule has 2 heterocycles. The van der Waals surface area contributed by atoms with E-state index in [0.29, 0.717) is 23.9 Å². The number of halogens is 1. The zero-order valence-corrected chi connectivity index (χ0v) is 13.5. The van der Waals surface area contributed by atoms with Crippen molar-refractivity contribution in [3.63, 3.8) is 0 Å². The second-order valence-corrected chi connectivity index (χ2v) is 6.14.